The number of aromatic amines is 1. The molecule has 5 nitrogen and oxygen atoms in total. The molecule has 0 spiro atoms. The van der Waals surface area contributed by atoms with Crippen LogP contribution in [-0.4, -0.2) is 40.7 Å². The van der Waals surface area contributed by atoms with Gasteiger partial charge in [-0.1, -0.05) is 48.5 Å². The van der Waals surface area contributed by atoms with Crippen molar-refractivity contribution in [1.82, 2.24) is 15.1 Å². The van der Waals surface area contributed by atoms with E-state index in [1.807, 2.05) is 59.5 Å². The predicted molar refractivity (Wildman–Crippen MR) is 87.1 cm³/mol. The van der Waals surface area contributed by atoms with Gasteiger partial charge in [0.1, 0.15) is 6.10 Å². The highest BCUT2D eigenvalue weighted by Gasteiger charge is 2.28. The number of carbonyl (C=O) groups is 1. The second-order valence-corrected chi connectivity index (χ2v) is 5.64. The van der Waals surface area contributed by atoms with E-state index in [-0.39, 0.29) is 12.0 Å². The number of morpholine rings is 1. The second-order valence-electron chi connectivity index (χ2n) is 5.64. The number of aromatic nitrogens is 2. The molecule has 116 valence electrons. The van der Waals surface area contributed by atoms with Crippen molar-refractivity contribution in [2.75, 3.05) is 19.7 Å². The number of benzene rings is 2. The molecule has 23 heavy (non-hydrogen) atoms. The fraction of sp³-hybridized carbons (Fsp3) is 0.222. The zero-order chi connectivity index (χ0) is 15.6. The zero-order valence-electron chi connectivity index (χ0n) is 12.6. The summed E-state index contributed by atoms with van der Waals surface area (Å²) in [4.78, 5) is 14.7. The number of carbonyl (C=O) groups excluding carboxylic acids is 1. The number of fused-ring (bicyclic) bond motifs is 1. The fourth-order valence-electron chi connectivity index (χ4n) is 2.98. The van der Waals surface area contributed by atoms with Crippen molar-refractivity contribution in [3.63, 3.8) is 0 Å². The standard InChI is InChI=1S/C18H17N3O2/c22-18(17-14-8-4-5-9-15(14)19-20-17)21-10-11-23-16(12-21)13-6-2-1-3-7-13/h1-9,16H,10-12H2,(H,19,20)/t16-/m0/s1. The largest absolute Gasteiger partial charge is 0.370 e. The van der Waals surface area contributed by atoms with Crippen LogP contribution in [0, 0.1) is 0 Å². The first-order valence-electron chi connectivity index (χ1n) is 7.72. The Morgan fingerprint density at radius 1 is 1.13 bits per heavy atom. The van der Waals surface area contributed by atoms with Crippen molar-refractivity contribution < 1.29 is 9.53 Å². The van der Waals surface area contributed by atoms with Crippen LogP contribution in [0.5, 0.6) is 0 Å². The first-order valence-corrected chi connectivity index (χ1v) is 7.72. The van der Waals surface area contributed by atoms with Crippen LogP contribution in [0.25, 0.3) is 10.9 Å². The molecule has 1 aliphatic heterocycles. The minimum atomic E-state index is -0.0842. The number of rotatable bonds is 2. The van der Waals surface area contributed by atoms with Gasteiger partial charge in [0.15, 0.2) is 5.69 Å². The highest BCUT2D eigenvalue weighted by atomic mass is 16.5. The number of H-pyrrole nitrogens is 1. The molecule has 0 radical (unpaired) electrons. The lowest BCUT2D eigenvalue weighted by atomic mass is 10.1. The summed E-state index contributed by atoms with van der Waals surface area (Å²) in [5.41, 5.74) is 2.45. The highest BCUT2D eigenvalue weighted by molar-refractivity contribution is 6.04. The first kappa shape index (κ1) is 14.0. The molecule has 2 aromatic carbocycles. The van der Waals surface area contributed by atoms with Crippen molar-refractivity contribution in [2.24, 2.45) is 0 Å². The average Bonchev–Trinajstić information content (AvgIpc) is 3.06. The van der Waals surface area contributed by atoms with Crippen LogP contribution in [0.3, 0.4) is 0 Å². The Labute approximate surface area is 133 Å². The van der Waals surface area contributed by atoms with E-state index in [1.54, 1.807) is 0 Å². The Balaban J connectivity index is 1.59. The maximum Gasteiger partial charge on any atom is 0.275 e. The van der Waals surface area contributed by atoms with E-state index in [0.717, 1.165) is 16.5 Å². The van der Waals surface area contributed by atoms with Gasteiger partial charge in [0, 0.05) is 11.9 Å². The molecule has 1 aliphatic rings. The summed E-state index contributed by atoms with van der Waals surface area (Å²) in [6.07, 6.45) is -0.0842. The summed E-state index contributed by atoms with van der Waals surface area (Å²) >= 11 is 0. The van der Waals surface area contributed by atoms with E-state index in [1.165, 1.54) is 0 Å². The smallest absolute Gasteiger partial charge is 0.275 e. The summed E-state index contributed by atoms with van der Waals surface area (Å²) < 4.78 is 5.83. The summed E-state index contributed by atoms with van der Waals surface area (Å²) in [5.74, 6) is -0.0494. The number of nitrogens with one attached hydrogen (secondary N) is 1. The number of hydrogen-bond acceptors (Lipinski definition) is 3. The Morgan fingerprint density at radius 3 is 2.78 bits per heavy atom. The van der Waals surface area contributed by atoms with Crippen molar-refractivity contribution in [1.29, 1.82) is 0 Å². The van der Waals surface area contributed by atoms with Crippen LogP contribution in [0.2, 0.25) is 0 Å². The number of amides is 1. The molecule has 2 heterocycles. The molecular formula is C18H17N3O2. The molecule has 5 heteroatoms. The van der Waals surface area contributed by atoms with Gasteiger partial charge in [0.25, 0.3) is 5.91 Å². The van der Waals surface area contributed by atoms with Crippen molar-refractivity contribution in [2.45, 2.75) is 6.10 Å². The summed E-state index contributed by atoms with van der Waals surface area (Å²) in [6.45, 7) is 1.67. The Kier molecular flexibility index (Phi) is 3.55. The SMILES string of the molecule is O=C(c1n[nH]c2ccccc12)N1CCO[C@H](c2ccccc2)C1. The lowest BCUT2D eigenvalue weighted by molar-refractivity contribution is -0.0229. The maximum atomic E-state index is 12.8. The molecule has 4 rings (SSSR count). The quantitative estimate of drug-likeness (QED) is 0.792. The molecule has 1 amide bonds. The van der Waals surface area contributed by atoms with E-state index in [2.05, 4.69) is 10.2 Å². The monoisotopic (exact) mass is 307 g/mol. The van der Waals surface area contributed by atoms with Gasteiger partial charge in [0.2, 0.25) is 0 Å². The van der Waals surface area contributed by atoms with Crippen LogP contribution in [0.15, 0.2) is 54.6 Å². The first-order chi connectivity index (χ1) is 11.3. The Morgan fingerprint density at radius 2 is 1.91 bits per heavy atom. The van der Waals surface area contributed by atoms with Crippen molar-refractivity contribution in [3.8, 4) is 0 Å². The minimum Gasteiger partial charge on any atom is -0.370 e. The minimum absolute atomic E-state index is 0.0494. The number of hydrogen-bond donors (Lipinski definition) is 1. The molecule has 1 saturated heterocycles. The fourth-order valence-corrected chi connectivity index (χ4v) is 2.98. The Hall–Kier alpha value is -2.66. The molecule has 1 N–H and O–H groups in total. The molecule has 0 aliphatic carbocycles. The predicted octanol–water partition coefficient (Wildman–Crippen LogP) is 2.78. The zero-order valence-corrected chi connectivity index (χ0v) is 12.6. The van der Waals surface area contributed by atoms with Crippen molar-refractivity contribution in [3.05, 3.63) is 65.9 Å². The van der Waals surface area contributed by atoms with Crippen LogP contribution >= 0.6 is 0 Å². The molecular weight excluding hydrogens is 290 g/mol. The molecule has 0 saturated carbocycles. The van der Waals surface area contributed by atoms with Crippen LogP contribution in [0.1, 0.15) is 22.2 Å². The third-order valence-electron chi connectivity index (χ3n) is 4.20. The van der Waals surface area contributed by atoms with E-state index in [4.69, 9.17) is 4.74 Å². The normalized spacial score (nSPS) is 18.3. The summed E-state index contributed by atoms with van der Waals surface area (Å²) in [7, 11) is 0. The lowest BCUT2D eigenvalue weighted by Gasteiger charge is -2.32. The van der Waals surface area contributed by atoms with Gasteiger partial charge in [-0.3, -0.25) is 9.89 Å². The lowest BCUT2D eigenvalue weighted by Crippen LogP contribution is -2.42. The number of para-hydroxylation sites is 1. The van der Waals surface area contributed by atoms with E-state index < -0.39 is 0 Å². The third kappa shape index (κ3) is 2.59. The van der Waals surface area contributed by atoms with Crippen LogP contribution < -0.4 is 0 Å². The summed E-state index contributed by atoms with van der Waals surface area (Å²) in [5, 5.41) is 7.99. The molecule has 1 aromatic heterocycles. The van der Waals surface area contributed by atoms with Gasteiger partial charge in [-0.05, 0) is 11.6 Å². The van der Waals surface area contributed by atoms with Crippen LogP contribution in [-0.2, 0) is 4.74 Å². The van der Waals surface area contributed by atoms with Gasteiger partial charge in [0.05, 0.1) is 18.7 Å². The number of ether oxygens (including phenoxy) is 1. The second kappa shape index (κ2) is 5.85. The van der Waals surface area contributed by atoms with E-state index in [9.17, 15) is 4.79 Å². The molecule has 0 bridgehead atoms. The maximum absolute atomic E-state index is 12.8. The highest BCUT2D eigenvalue weighted by Crippen LogP contribution is 2.24. The van der Waals surface area contributed by atoms with E-state index in [0.29, 0.717) is 25.4 Å². The topological polar surface area (TPSA) is 58.2 Å². The van der Waals surface area contributed by atoms with Gasteiger partial charge < -0.3 is 9.64 Å². The average molecular weight is 307 g/mol. The third-order valence-corrected chi connectivity index (χ3v) is 4.20. The molecule has 1 atom stereocenters. The number of nitrogens with zero attached hydrogens (tertiary/aromatic N) is 2. The van der Waals surface area contributed by atoms with Gasteiger partial charge >= 0.3 is 0 Å². The van der Waals surface area contributed by atoms with Crippen molar-refractivity contribution >= 4 is 16.8 Å². The van der Waals surface area contributed by atoms with E-state index >= 15 is 0 Å². The molecule has 0 unspecified atom stereocenters. The molecule has 3 aromatic rings. The van der Waals surface area contributed by atoms with Gasteiger partial charge in [-0.2, -0.15) is 5.10 Å². The summed E-state index contributed by atoms with van der Waals surface area (Å²) in [6, 6.07) is 17.7. The van der Waals surface area contributed by atoms with Crippen LogP contribution in [0.4, 0.5) is 0 Å². The van der Waals surface area contributed by atoms with Gasteiger partial charge in [-0.25, -0.2) is 0 Å². The Bertz CT molecular complexity index is 828. The van der Waals surface area contributed by atoms with Gasteiger partial charge in [-0.15, -0.1) is 0 Å². The molecule has 1 fully saturated rings.